The fourth-order valence-electron chi connectivity index (χ4n) is 6.23. The number of benzene rings is 2. The Bertz CT molecular complexity index is 1190. The van der Waals surface area contributed by atoms with Crippen molar-refractivity contribution >= 4 is 46.0 Å². The third-order valence-electron chi connectivity index (χ3n) is 7.56. The van der Waals surface area contributed by atoms with Crippen molar-refractivity contribution < 1.29 is 24.2 Å². The lowest BCUT2D eigenvalue weighted by molar-refractivity contribution is -0.153. The van der Waals surface area contributed by atoms with Crippen LogP contribution in [0.15, 0.2) is 55.1 Å². The molecule has 2 unspecified atom stereocenters. The van der Waals surface area contributed by atoms with Crippen LogP contribution in [-0.2, 0) is 19.1 Å². The number of carbonyl (C=O) groups is 3. The summed E-state index contributed by atoms with van der Waals surface area (Å²) in [7, 11) is 0. The SMILES string of the molecule is C=CCN(C(=O)C1N(CCO)C(=O)[C@@H]2[C@H](C(=O)OCC)[C@@H]3CCC12S3)c1ccc2ccccc2c1. The van der Waals surface area contributed by atoms with Crippen LogP contribution >= 0.6 is 11.8 Å². The number of esters is 1. The maximum atomic E-state index is 14.3. The summed E-state index contributed by atoms with van der Waals surface area (Å²) in [6.45, 7) is 5.93. The first-order chi connectivity index (χ1) is 17.0. The Hall–Kier alpha value is -2.84. The summed E-state index contributed by atoms with van der Waals surface area (Å²) in [6.07, 6.45) is 3.11. The smallest absolute Gasteiger partial charge is 0.310 e. The zero-order chi connectivity index (χ0) is 24.7. The zero-order valence-electron chi connectivity index (χ0n) is 19.8. The molecule has 3 saturated heterocycles. The van der Waals surface area contributed by atoms with Gasteiger partial charge in [-0.3, -0.25) is 14.4 Å². The highest BCUT2D eigenvalue weighted by Gasteiger charge is 2.74. The van der Waals surface area contributed by atoms with Gasteiger partial charge in [-0.2, -0.15) is 0 Å². The van der Waals surface area contributed by atoms with E-state index in [2.05, 4.69) is 6.58 Å². The third-order valence-corrected chi connectivity index (χ3v) is 9.51. The maximum Gasteiger partial charge on any atom is 0.310 e. The van der Waals surface area contributed by atoms with Crippen molar-refractivity contribution in [3.05, 3.63) is 55.1 Å². The lowest BCUT2D eigenvalue weighted by Gasteiger charge is -2.37. The second kappa shape index (κ2) is 9.32. The van der Waals surface area contributed by atoms with Gasteiger partial charge in [0.2, 0.25) is 5.91 Å². The van der Waals surface area contributed by atoms with E-state index in [1.165, 1.54) is 4.90 Å². The standard InChI is InChI=1S/C27H30N2O5S/c1-3-13-28(19-10-9-17-7-5-6-8-18(17)16-19)25(32)23-27-12-11-20(35-27)21(26(33)34-4-2)22(27)24(31)29(23)14-15-30/h3,5-10,16,20-23,30H,1,4,11-15H2,2H3/t20-,21+,22-,23?,27?/m0/s1. The summed E-state index contributed by atoms with van der Waals surface area (Å²) in [5.74, 6) is -1.98. The number of likely N-dealkylation sites (tertiary alicyclic amines) is 1. The highest BCUT2D eigenvalue weighted by atomic mass is 32.2. The minimum absolute atomic E-state index is 0.0388. The van der Waals surface area contributed by atoms with Gasteiger partial charge < -0.3 is 19.6 Å². The lowest BCUT2D eigenvalue weighted by atomic mass is 9.71. The van der Waals surface area contributed by atoms with Gasteiger partial charge >= 0.3 is 5.97 Å². The molecule has 0 aliphatic carbocycles. The number of β-amino-alcohol motifs (C(OH)–C–C–N with tert-alkyl or cyclic N) is 1. The van der Waals surface area contributed by atoms with Gasteiger partial charge in [-0.25, -0.2) is 0 Å². The van der Waals surface area contributed by atoms with E-state index in [1.807, 2.05) is 42.5 Å². The number of hydrogen-bond donors (Lipinski definition) is 1. The molecule has 3 aliphatic heterocycles. The van der Waals surface area contributed by atoms with Crippen LogP contribution in [0.1, 0.15) is 19.8 Å². The van der Waals surface area contributed by atoms with Gasteiger partial charge in [0, 0.05) is 24.0 Å². The highest BCUT2D eigenvalue weighted by molar-refractivity contribution is 8.02. The van der Waals surface area contributed by atoms with Crippen molar-refractivity contribution in [3.8, 4) is 0 Å². The molecule has 8 heteroatoms. The Labute approximate surface area is 209 Å². The van der Waals surface area contributed by atoms with Crippen molar-refractivity contribution in [2.75, 3.05) is 31.2 Å². The van der Waals surface area contributed by atoms with E-state index in [0.717, 1.165) is 22.9 Å². The van der Waals surface area contributed by atoms with Gasteiger partial charge in [-0.15, -0.1) is 18.3 Å². The van der Waals surface area contributed by atoms with Crippen molar-refractivity contribution in [2.24, 2.45) is 11.8 Å². The molecule has 0 aromatic heterocycles. The molecule has 2 aromatic carbocycles. The largest absolute Gasteiger partial charge is 0.466 e. The molecule has 5 atom stereocenters. The fraction of sp³-hybridized carbons (Fsp3) is 0.444. The Morgan fingerprint density at radius 3 is 2.77 bits per heavy atom. The number of aliphatic hydroxyl groups is 1. The lowest BCUT2D eigenvalue weighted by Crippen LogP contribution is -2.55. The quantitative estimate of drug-likeness (QED) is 0.449. The first kappa shape index (κ1) is 23.9. The number of fused-ring (bicyclic) bond motifs is 2. The number of anilines is 1. The third kappa shape index (κ3) is 3.65. The summed E-state index contributed by atoms with van der Waals surface area (Å²) in [6, 6.07) is 13.0. The molecule has 2 amide bonds. The molecule has 1 N–H and O–H groups in total. The van der Waals surface area contributed by atoms with Crippen molar-refractivity contribution in [1.29, 1.82) is 0 Å². The molecular formula is C27H30N2O5S. The Morgan fingerprint density at radius 1 is 1.29 bits per heavy atom. The van der Waals surface area contributed by atoms with Crippen LogP contribution in [0.2, 0.25) is 0 Å². The Morgan fingerprint density at radius 2 is 2.06 bits per heavy atom. The van der Waals surface area contributed by atoms with E-state index in [9.17, 15) is 19.5 Å². The van der Waals surface area contributed by atoms with Gasteiger partial charge in [0.05, 0.1) is 29.8 Å². The van der Waals surface area contributed by atoms with Gasteiger partial charge in [-0.05, 0) is 42.7 Å². The van der Waals surface area contributed by atoms with Crippen LogP contribution in [0, 0.1) is 11.8 Å². The minimum atomic E-state index is -0.770. The number of carbonyl (C=O) groups excluding carboxylic acids is 3. The molecule has 0 radical (unpaired) electrons. The van der Waals surface area contributed by atoms with Crippen LogP contribution < -0.4 is 4.90 Å². The number of thioether (sulfide) groups is 1. The molecule has 3 aliphatic rings. The number of aliphatic hydroxyl groups excluding tert-OH is 1. The first-order valence-corrected chi connectivity index (χ1v) is 13.0. The average Bonchev–Trinajstić information content (AvgIpc) is 3.50. The van der Waals surface area contributed by atoms with Crippen molar-refractivity contribution in [3.63, 3.8) is 0 Å². The Kier molecular flexibility index (Phi) is 6.36. The summed E-state index contributed by atoms with van der Waals surface area (Å²) >= 11 is 1.60. The molecule has 1 spiro atoms. The number of rotatable bonds is 8. The predicted molar refractivity (Wildman–Crippen MR) is 136 cm³/mol. The molecule has 7 nitrogen and oxygen atoms in total. The molecule has 2 bridgehead atoms. The van der Waals surface area contributed by atoms with Crippen LogP contribution in [-0.4, -0.2) is 70.1 Å². The molecule has 3 fully saturated rings. The maximum absolute atomic E-state index is 14.3. The van der Waals surface area contributed by atoms with E-state index < -0.39 is 22.6 Å². The summed E-state index contributed by atoms with van der Waals surface area (Å²) in [5, 5.41) is 11.8. The van der Waals surface area contributed by atoms with Gasteiger partial charge in [0.1, 0.15) is 6.04 Å². The Balaban J connectivity index is 1.56. The molecule has 5 rings (SSSR count). The van der Waals surface area contributed by atoms with E-state index >= 15 is 0 Å². The number of nitrogens with zero attached hydrogens (tertiary/aromatic N) is 2. The normalized spacial score (nSPS) is 28.9. The topological polar surface area (TPSA) is 87.2 Å². The van der Waals surface area contributed by atoms with Crippen LogP contribution in [0.4, 0.5) is 5.69 Å². The highest BCUT2D eigenvalue weighted by Crippen LogP contribution is 2.66. The average molecular weight is 495 g/mol. The van der Waals surface area contributed by atoms with Crippen LogP contribution in [0.3, 0.4) is 0 Å². The van der Waals surface area contributed by atoms with E-state index in [-0.39, 0.29) is 49.3 Å². The van der Waals surface area contributed by atoms with Gasteiger partial charge in [0.25, 0.3) is 5.91 Å². The molecule has 2 aromatic rings. The summed E-state index contributed by atoms with van der Waals surface area (Å²) in [4.78, 5) is 44.0. The first-order valence-electron chi connectivity index (χ1n) is 12.1. The van der Waals surface area contributed by atoms with Crippen LogP contribution in [0.5, 0.6) is 0 Å². The molecule has 0 saturated carbocycles. The van der Waals surface area contributed by atoms with Gasteiger partial charge in [0.15, 0.2) is 0 Å². The van der Waals surface area contributed by atoms with Crippen LogP contribution in [0.25, 0.3) is 10.8 Å². The van der Waals surface area contributed by atoms with E-state index in [1.54, 1.807) is 29.7 Å². The minimum Gasteiger partial charge on any atom is -0.466 e. The predicted octanol–water partition coefficient (Wildman–Crippen LogP) is 3.01. The van der Waals surface area contributed by atoms with Crippen molar-refractivity contribution in [2.45, 2.75) is 35.8 Å². The number of hydrogen-bond acceptors (Lipinski definition) is 6. The monoisotopic (exact) mass is 494 g/mol. The summed E-state index contributed by atoms with van der Waals surface area (Å²) in [5.41, 5.74) is 0.726. The second-order valence-corrected chi connectivity index (χ2v) is 10.9. The number of ether oxygens (including phenoxy) is 1. The van der Waals surface area contributed by atoms with Gasteiger partial charge in [-0.1, -0.05) is 36.4 Å². The summed E-state index contributed by atoms with van der Waals surface area (Å²) < 4.78 is 4.63. The molecular weight excluding hydrogens is 464 g/mol. The van der Waals surface area contributed by atoms with E-state index in [4.69, 9.17) is 4.74 Å². The fourth-order valence-corrected chi connectivity index (χ4v) is 8.43. The molecule has 35 heavy (non-hydrogen) atoms. The van der Waals surface area contributed by atoms with Crippen molar-refractivity contribution in [1.82, 2.24) is 4.90 Å². The molecule has 3 heterocycles. The van der Waals surface area contributed by atoms with E-state index in [0.29, 0.717) is 6.42 Å². The second-order valence-electron chi connectivity index (χ2n) is 9.33. The zero-order valence-corrected chi connectivity index (χ0v) is 20.6. The molecule has 184 valence electrons. The number of amides is 2.